The van der Waals surface area contributed by atoms with Gasteiger partial charge >= 0.3 is 0 Å². The van der Waals surface area contributed by atoms with Gasteiger partial charge in [-0.25, -0.2) is 13.9 Å². The van der Waals surface area contributed by atoms with E-state index in [1.807, 2.05) is 26.0 Å². The van der Waals surface area contributed by atoms with Crippen molar-refractivity contribution in [2.45, 2.75) is 57.1 Å². The summed E-state index contributed by atoms with van der Waals surface area (Å²) >= 11 is 0. The number of carbonyl (C=O) groups excluding carboxylic acids is 1. The normalized spacial score (nSPS) is 18.6. The molecule has 1 amide bonds. The smallest absolute Gasteiger partial charge is 0.250 e. The second-order valence-corrected chi connectivity index (χ2v) is 11.3. The van der Waals surface area contributed by atoms with E-state index in [-0.39, 0.29) is 10.6 Å². The van der Waals surface area contributed by atoms with Crippen LogP contribution >= 0.6 is 0 Å². The summed E-state index contributed by atoms with van der Waals surface area (Å²) in [6, 6.07) is 10.7. The van der Waals surface area contributed by atoms with Crippen molar-refractivity contribution in [1.29, 1.82) is 0 Å². The Labute approximate surface area is 194 Å². The molecule has 9 heteroatoms. The summed E-state index contributed by atoms with van der Waals surface area (Å²) < 4.78 is 32.2. The highest BCUT2D eigenvalue weighted by Crippen LogP contribution is 2.39. The number of sulfone groups is 1. The molecule has 0 bridgehead atoms. The summed E-state index contributed by atoms with van der Waals surface area (Å²) in [6.45, 7) is 5.53. The molecule has 33 heavy (non-hydrogen) atoms. The number of likely N-dealkylation sites (tertiary alicyclic amines) is 1. The van der Waals surface area contributed by atoms with Crippen LogP contribution in [-0.2, 0) is 21.2 Å². The lowest BCUT2D eigenvalue weighted by atomic mass is 9.79. The number of hydrogen-bond donors (Lipinski definition) is 2. The number of ether oxygens (including phenoxy) is 1. The average Bonchev–Trinajstić information content (AvgIpc) is 3.62. The van der Waals surface area contributed by atoms with Gasteiger partial charge in [0.25, 0.3) is 5.91 Å². The van der Waals surface area contributed by atoms with Crippen molar-refractivity contribution in [3.63, 3.8) is 0 Å². The molecule has 2 N–H and O–H groups in total. The van der Waals surface area contributed by atoms with Gasteiger partial charge < -0.3 is 9.64 Å². The van der Waals surface area contributed by atoms with E-state index in [4.69, 9.17) is 4.74 Å². The Morgan fingerprint density at radius 3 is 2.30 bits per heavy atom. The molecule has 4 rings (SSSR count). The Morgan fingerprint density at radius 1 is 1.15 bits per heavy atom. The molecule has 2 heterocycles. The Balaban J connectivity index is 1.44. The third-order valence-corrected chi connectivity index (χ3v) is 8.52. The molecular formula is C24H31N3O5S. The van der Waals surface area contributed by atoms with Crippen LogP contribution in [0.25, 0.3) is 0 Å². The number of rotatable bonds is 8. The number of carbonyl (C=O) groups is 1. The minimum absolute atomic E-state index is 0.139. The Morgan fingerprint density at radius 2 is 1.76 bits per heavy atom. The highest BCUT2D eigenvalue weighted by molar-refractivity contribution is 7.91. The molecular weight excluding hydrogens is 442 g/mol. The average molecular weight is 474 g/mol. The minimum atomic E-state index is -3.74. The van der Waals surface area contributed by atoms with Crippen molar-refractivity contribution in [3.8, 4) is 5.75 Å². The molecule has 1 aromatic carbocycles. The van der Waals surface area contributed by atoms with Crippen LogP contribution in [0.15, 0.2) is 41.3 Å². The van der Waals surface area contributed by atoms with Gasteiger partial charge in [-0.05, 0) is 94.6 Å². The predicted molar refractivity (Wildman–Crippen MR) is 123 cm³/mol. The Bertz CT molecular complexity index is 1090. The number of amides is 1. The van der Waals surface area contributed by atoms with Crippen molar-refractivity contribution in [2.75, 3.05) is 18.8 Å². The van der Waals surface area contributed by atoms with Crippen molar-refractivity contribution < 1.29 is 23.2 Å². The van der Waals surface area contributed by atoms with Crippen LogP contribution in [-0.4, -0.2) is 54.3 Å². The zero-order valence-corrected chi connectivity index (χ0v) is 19.9. The van der Waals surface area contributed by atoms with Crippen LogP contribution in [0, 0.1) is 19.3 Å². The summed E-state index contributed by atoms with van der Waals surface area (Å²) in [6.07, 6.45) is 3.13. The molecule has 0 radical (unpaired) electrons. The van der Waals surface area contributed by atoms with E-state index < -0.39 is 21.2 Å². The summed E-state index contributed by atoms with van der Waals surface area (Å²) in [5.74, 6) is -0.397. The van der Waals surface area contributed by atoms with Crippen molar-refractivity contribution >= 4 is 15.7 Å². The zero-order valence-electron chi connectivity index (χ0n) is 19.1. The lowest BCUT2D eigenvalue weighted by molar-refractivity contribution is -0.141. The topological polar surface area (TPSA) is 109 Å². The fraction of sp³-hybridized carbons (Fsp3) is 0.500. The summed E-state index contributed by atoms with van der Waals surface area (Å²) in [5, 5.41) is 9.30. The third-order valence-electron chi connectivity index (χ3n) is 6.60. The summed E-state index contributed by atoms with van der Waals surface area (Å²) in [5.41, 5.74) is 3.40. The second kappa shape index (κ2) is 9.40. The fourth-order valence-corrected chi connectivity index (χ4v) is 6.54. The van der Waals surface area contributed by atoms with Gasteiger partial charge in [0.1, 0.15) is 12.4 Å². The Hall–Kier alpha value is -2.49. The molecule has 2 aliphatic rings. The first-order valence-corrected chi connectivity index (χ1v) is 12.9. The van der Waals surface area contributed by atoms with Gasteiger partial charge in [0.05, 0.1) is 16.1 Å². The second-order valence-electron chi connectivity index (χ2n) is 9.27. The SMILES string of the molecule is Cc1cc(COc2ccc(S(=O)(=O)CC3(C(=O)NO)CCN(C4CC4)CC3)cc2)cc(C)n1. The molecule has 178 valence electrons. The summed E-state index contributed by atoms with van der Waals surface area (Å²) in [4.78, 5) is 19.3. The minimum Gasteiger partial charge on any atom is -0.489 e. The highest BCUT2D eigenvalue weighted by atomic mass is 32.2. The number of nitrogens with one attached hydrogen (secondary N) is 1. The monoisotopic (exact) mass is 473 g/mol. The maximum absolute atomic E-state index is 13.2. The number of aromatic nitrogens is 1. The van der Waals surface area contributed by atoms with Crippen LogP contribution in [0.1, 0.15) is 42.6 Å². The molecule has 1 aliphatic heterocycles. The number of aryl methyl sites for hydroxylation is 2. The fourth-order valence-electron chi connectivity index (χ4n) is 4.67. The van der Waals surface area contributed by atoms with Crippen molar-refractivity contribution in [2.24, 2.45) is 5.41 Å². The van der Waals surface area contributed by atoms with E-state index >= 15 is 0 Å². The quantitative estimate of drug-likeness (QED) is 0.448. The van der Waals surface area contributed by atoms with E-state index in [9.17, 15) is 18.4 Å². The van der Waals surface area contributed by atoms with E-state index in [2.05, 4.69) is 9.88 Å². The molecule has 0 spiro atoms. The molecule has 1 aromatic heterocycles. The van der Waals surface area contributed by atoms with Crippen LogP contribution in [0.4, 0.5) is 0 Å². The Kier molecular flexibility index (Phi) is 6.74. The third kappa shape index (κ3) is 5.54. The zero-order chi connectivity index (χ0) is 23.6. The number of pyridine rings is 1. The van der Waals surface area contributed by atoms with Gasteiger partial charge in [0.15, 0.2) is 9.84 Å². The summed E-state index contributed by atoms with van der Waals surface area (Å²) in [7, 11) is -3.74. The van der Waals surface area contributed by atoms with Crippen LogP contribution in [0.5, 0.6) is 5.75 Å². The first kappa shape index (κ1) is 23.7. The van der Waals surface area contributed by atoms with Gasteiger partial charge in [0, 0.05) is 17.4 Å². The number of benzene rings is 1. The molecule has 1 aliphatic carbocycles. The standard InChI is InChI=1S/C24H31N3O5S/c1-17-13-19(14-18(2)25-17)15-32-21-5-7-22(8-6-21)33(30,31)16-24(23(28)26-29)9-11-27(12-10-24)20-3-4-20/h5-8,13-14,20,29H,3-4,9-12,15-16H2,1-2H3,(H,26,28). The van der Waals surface area contributed by atoms with E-state index in [0.29, 0.717) is 44.3 Å². The van der Waals surface area contributed by atoms with Crippen LogP contribution < -0.4 is 10.2 Å². The first-order chi connectivity index (χ1) is 15.7. The van der Waals surface area contributed by atoms with E-state index in [0.717, 1.165) is 29.8 Å². The van der Waals surface area contributed by atoms with Crippen molar-refractivity contribution in [3.05, 3.63) is 53.3 Å². The van der Waals surface area contributed by atoms with Crippen molar-refractivity contribution in [1.82, 2.24) is 15.4 Å². The lowest BCUT2D eigenvalue weighted by Crippen LogP contribution is -2.52. The molecule has 1 saturated carbocycles. The number of hydrogen-bond acceptors (Lipinski definition) is 7. The van der Waals surface area contributed by atoms with E-state index in [1.54, 1.807) is 17.6 Å². The highest BCUT2D eigenvalue weighted by Gasteiger charge is 2.47. The molecule has 8 nitrogen and oxygen atoms in total. The predicted octanol–water partition coefficient (Wildman–Crippen LogP) is 2.80. The maximum atomic E-state index is 13.2. The number of nitrogens with zero attached hydrogens (tertiary/aromatic N) is 2. The van der Waals surface area contributed by atoms with Gasteiger partial charge in [-0.1, -0.05) is 0 Å². The molecule has 0 unspecified atom stereocenters. The molecule has 2 aromatic rings. The lowest BCUT2D eigenvalue weighted by Gasteiger charge is -2.40. The first-order valence-electron chi connectivity index (χ1n) is 11.3. The van der Waals surface area contributed by atoms with Crippen LogP contribution in [0.3, 0.4) is 0 Å². The number of hydroxylamine groups is 1. The molecule has 0 atom stereocenters. The van der Waals surface area contributed by atoms with Gasteiger partial charge in [-0.3, -0.25) is 15.0 Å². The van der Waals surface area contributed by atoms with Gasteiger partial charge in [-0.15, -0.1) is 0 Å². The van der Waals surface area contributed by atoms with Gasteiger partial charge in [-0.2, -0.15) is 0 Å². The largest absolute Gasteiger partial charge is 0.489 e. The van der Waals surface area contributed by atoms with Gasteiger partial charge in [0.2, 0.25) is 0 Å². The van der Waals surface area contributed by atoms with E-state index in [1.165, 1.54) is 12.1 Å². The molecule has 1 saturated heterocycles. The number of piperidine rings is 1. The molecule has 2 fully saturated rings. The maximum Gasteiger partial charge on any atom is 0.250 e. The van der Waals surface area contributed by atoms with Crippen LogP contribution in [0.2, 0.25) is 0 Å².